The van der Waals surface area contributed by atoms with E-state index in [2.05, 4.69) is 43.3 Å². The summed E-state index contributed by atoms with van der Waals surface area (Å²) >= 11 is 0. The molecule has 0 aliphatic heterocycles. The van der Waals surface area contributed by atoms with Crippen LogP contribution in [0.15, 0.2) is 24.3 Å². The average molecular weight is 243 g/mol. The van der Waals surface area contributed by atoms with Gasteiger partial charge >= 0.3 is 21.7 Å². The molecule has 2 rings (SSSR count). The van der Waals surface area contributed by atoms with Crippen LogP contribution in [0.4, 0.5) is 0 Å². The summed E-state index contributed by atoms with van der Waals surface area (Å²) < 4.78 is 0. The van der Waals surface area contributed by atoms with Crippen molar-refractivity contribution in [1.29, 1.82) is 0 Å². The molecule has 0 N–H and O–H groups in total. The summed E-state index contributed by atoms with van der Waals surface area (Å²) in [5.74, 6) is 0.561. The molecule has 0 aromatic heterocycles. The molecule has 1 aromatic carbocycles. The molecule has 79 valence electrons. The Labute approximate surface area is 104 Å². The molecule has 1 aliphatic carbocycles. The van der Waals surface area contributed by atoms with E-state index in [-0.39, 0.29) is 31.1 Å². The maximum atomic E-state index is 3.40. The monoisotopic (exact) mass is 243 g/mol. The SMILES string of the molecule is CCCC1[C-]=Cc2ccccc21.[F-].[F-].[Ti+3]. The van der Waals surface area contributed by atoms with Crippen LogP contribution in [0, 0.1) is 6.08 Å². The van der Waals surface area contributed by atoms with Crippen molar-refractivity contribution in [3.63, 3.8) is 0 Å². The van der Waals surface area contributed by atoms with E-state index in [4.69, 9.17) is 0 Å². The van der Waals surface area contributed by atoms with Gasteiger partial charge in [0, 0.05) is 0 Å². The first-order valence-corrected chi connectivity index (χ1v) is 4.60. The average Bonchev–Trinajstić information content (AvgIpc) is 2.50. The molecule has 1 atom stereocenters. The number of fused-ring (bicyclic) bond motifs is 1. The molecule has 1 radical (unpaired) electrons. The van der Waals surface area contributed by atoms with Crippen molar-refractivity contribution in [3.05, 3.63) is 41.5 Å². The van der Waals surface area contributed by atoms with Crippen LogP contribution in [0.25, 0.3) is 6.08 Å². The van der Waals surface area contributed by atoms with Crippen LogP contribution >= 0.6 is 0 Å². The molecule has 0 spiro atoms. The van der Waals surface area contributed by atoms with Crippen LogP contribution in [-0.2, 0) is 21.7 Å². The number of benzene rings is 1. The van der Waals surface area contributed by atoms with Gasteiger partial charge in [-0.1, -0.05) is 43.9 Å². The van der Waals surface area contributed by atoms with Crippen LogP contribution in [0.1, 0.15) is 36.8 Å². The number of halogens is 2. The minimum absolute atomic E-state index is 0. The first-order chi connectivity index (χ1) is 5.92. The van der Waals surface area contributed by atoms with E-state index in [9.17, 15) is 0 Å². The third-order valence-electron chi connectivity index (χ3n) is 2.39. The molecule has 1 unspecified atom stereocenters. The molecule has 1 aromatic rings. The molecule has 15 heavy (non-hydrogen) atoms. The molecule has 1 aliphatic rings. The standard InChI is InChI=1S/C12H13.2FH.Ti/c1-2-5-10-8-9-11-6-3-4-7-12(10)11;;;/h3-4,6-7,9-10H,2,5H2,1H3;2*1H;/q-1;;;+3/p-2. The van der Waals surface area contributed by atoms with E-state index in [1.807, 2.05) is 0 Å². The Morgan fingerprint density at radius 1 is 1.20 bits per heavy atom. The number of hydrogen-bond acceptors (Lipinski definition) is 0. The summed E-state index contributed by atoms with van der Waals surface area (Å²) in [6, 6.07) is 8.58. The molecule has 0 bridgehead atoms. The number of rotatable bonds is 2. The van der Waals surface area contributed by atoms with Gasteiger partial charge < -0.3 is 9.41 Å². The molecule has 0 heterocycles. The summed E-state index contributed by atoms with van der Waals surface area (Å²) in [5, 5.41) is 0. The topological polar surface area (TPSA) is 0 Å². The summed E-state index contributed by atoms with van der Waals surface area (Å²) in [7, 11) is 0. The Balaban J connectivity index is 0. The summed E-state index contributed by atoms with van der Waals surface area (Å²) in [6.07, 6.45) is 7.98. The van der Waals surface area contributed by atoms with Gasteiger partial charge in [0.05, 0.1) is 0 Å². The first-order valence-electron chi connectivity index (χ1n) is 4.60. The van der Waals surface area contributed by atoms with E-state index in [1.54, 1.807) is 0 Å². The third-order valence-corrected chi connectivity index (χ3v) is 2.39. The van der Waals surface area contributed by atoms with Crippen molar-refractivity contribution in [3.8, 4) is 0 Å². The molecule has 0 saturated heterocycles. The second-order valence-electron chi connectivity index (χ2n) is 3.28. The molecule has 0 nitrogen and oxygen atoms in total. The van der Waals surface area contributed by atoms with Gasteiger partial charge in [-0.05, 0) is 0 Å². The summed E-state index contributed by atoms with van der Waals surface area (Å²) in [5.41, 5.74) is 2.82. The quantitative estimate of drug-likeness (QED) is 0.395. The summed E-state index contributed by atoms with van der Waals surface area (Å²) in [4.78, 5) is 0. The van der Waals surface area contributed by atoms with E-state index in [0.29, 0.717) is 5.92 Å². The van der Waals surface area contributed by atoms with Crippen LogP contribution in [0.3, 0.4) is 0 Å². The predicted octanol–water partition coefficient (Wildman–Crippen LogP) is -2.59. The molecule has 0 amide bonds. The minimum atomic E-state index is 0. The van der Waals surface area contributed by atoms with Gasteiger partial charge in [-0.3, -0.25) is 6.08 Å². The largest absolute Gasteiger partial charge is 3.00 e. The predicted molar refractivity (Wildman–Crippen MR) is 51.8 cm³/mol. The van der Waals surface area contributed by atoms with Gasteiger partial charge in [0.25, 0.3) is 0 Å². The van der Waals surface area contributed by atoms with Crippen molar-refractivity contribution >= 4 is 6.08 Å². The number of allylic oxidation sites excluding steroid dienone is 1. The van der Waals surface area contributed by atoms with Gasteiger partial charge in [0.15, 0.2) is 0 Å². The van der Waals surface area contributed by atoms with E-state index < -0.39 is 0 Å². The van der Waals surface area contributed by atoms with E-state index in [0.717, 1.165) is 0 Å². The Morgan fingerprint density at radius 2 is 1.87 bits per heavy atom. The molecule has 0 fully saturated rings. The Hall–Kier alpha value is -0.466. The Kier molecular flexibility index (Phi) is 8.79. The third kappa shape index (κ3) is 3.55. The van der Waals surface area contributed by atoms with Crippen LogP contribution in [0.5, 0.6) is 0 Å². The second kappa shape index (κ2) is 7.78. The molecule has 3 heteroatoms. The fourth-order valence-corrected chi connectivity index (χ4v) is 1.77. The van der Waals surface area contributed by atoms with Crippen molar-refractivity contribution in [2.24, 2.45) is 0 Å². The minimum Gasteiger partial charge on any atom is -1.00 e. The van der Waals surface area contributed by atoms with Gasteiger partial charge in [-0.25, -0.2) is 6.08 Å². The second-order valence-corrected chi connectivity index (χ2v) is 3.28. The van der Waals surface area contributed by atoms with E-state index >= 15 is 0 Å². The zero-order valence-electron chi connectivity index (χ0n) is 8.63. The molecular weight excluding hydrogens is 230 g/mol. The zero-order chi connectivity index (χ0) is 8.39. The first kappa shape index (κ1) is 16.9. The van der Waals surface area contributed by atoms with Crippen LogP contribution in [-0.4, -0.2) is 0 Å². The Bertz CT molecular complexity index is 310. The van der Waals surface area contributed by atoms with Gasteiger partial charge in [0.2, 0.25) is 0 Å². The van der Waals surface area contributed by atoms with E-state index in [1.165, 1.54) is 24.0 Å². The Morgan fingerprint density at radius 3 is 2.53 bits per heavy atom. The van der Waals surface area contributed by atoms with Crippen molar-refractivity contribution in [2.45, 2.75) is 25.7 Å². The normalized spacial score (nSPS) is 15.7. The molecule has 0 saturated carbocycles. The van der Waals surface area contributed by atoms with Gasteiger partial charge in [-0.2, -0.15) is 5.56 Å². The maximum absolute atomic E-state index is 3.40. The van der Waals surface area contributed by atoms with Gasteiger partial charge in [0.1, 0.15) is 0 Å². The zero-order valence-corrected chi connectivity index (χ0v) is 10.2. The van der Waals surface area contributed by atoms with Crippen molar-refractivity contribution in [2.75, 3.05) is 0 Å². The molecular formula is C12H13F2Ti. The number of hydrogen-bond donors (Lipinski definition) is 0. The fraction of sp³-hybridized carbons (Fsp3) is 0.333. The maximum Gasteiger partial charge on any atom is 3.00 e. The smallest absolute Gasteiger partial charge is 1.00 e. The fourth-order valence-electron chi connectivity index (χ4n) is 1.77. The van der Waals surface area contributed by atoms with Gasteiger partial charge in [-0.15, -0.1) is 11.6 Å². The van der Waals surface area contributed by atoms with Crippen molar-refractivity contribution in [1.82, 2.24) is 0 Å². The van der Waals surface area contributed by atoms with Crippen LogP contribution < -0.4 is 9.41 Å². The van der Waals surface area contributed by atoms with Crippen LogP contribution in [0.2, 0.25) is 0 Å². The summed E-state index contributed by atoms with van der Waals surface area (Å²) in [6.45, 7) is 2.22. The van der Waals surface area contributed by atoms with Crippen molar-refractivity contribution < 1.29 is 31.1 Å².